The van der Waals surface area contributed by atoms with Crippen molar-refractivity contribution in [2.75, 3.05) is 5.75 Å². The van der Waals surface area contributed by atoms with Gasteiger partial charge in [-0.3, -0.25) is 20.4 Å². The van der Waals surface area contributed by atoms with Crippen molar-refractivity contribution in [2.45, 2.75) is 17.7 Å². The molecule has 0 spiro atoms. The van der Waals surface area contributed by atoms with Crippen molar-refractivity contribution in [1.29, 1.82) is 0 Å². The van der Waals surface area contributed by atoms with Gasteiger partial charge in [-0.1, -0.05) is 18.2 Å². The van der Waals surface area contributed by atoms with Crippen LogP contribution in [0.15, 0.2) is 35.2 Å². The molecule has 1 saturated carbocycles. The minimum absolute atomic E-state index is 0.0805. The number of thioether (sulfide) groups is 1. The van der Waals surface area contributed by atoms with Crippen LogP contribution in [0.3, 0.4) is 0 Å². The van der Waals surface area contributed by atoms with Gasteiger partial charge in [-0.25, -0.2) is 0 Å². The van der Waals surface area contributed by atoms with Crippen LogP contribution in [0, 0.1) is 5.92 Å². The van der Waals surface area contributed by atoms with Gasteiger partial charge >= 0.3 is 0 Å². The minimum atomic E-state index is -0.187. The number of hydrogen-bond acceptors (Lipinski definition) is 3. The highest BCUT2D eigenvalue weighted by molar-refractivity contribution is 8.00. The van der Waals surface area contributed by atoms with E-state index in [0.29, 0.717) is 5.75 Å². The first kappa shape index (κ1) is 12.0. The zero-order valence-electron chi connectivity index (χ0n) is 9.31. The fourth-order valence-corrected chi connectivity index (χ4v) is 2.00. The summed E-state index contributed by atoms with van der Waals surface area (Å²) in [6.07, 6.45) is 1.86. The Kier molecular flexibility index (Phi) is 4.03. The Morgan fingerprint density at radius 1 is 1.18 bits per heavy atom. The molecule has 0 unspecified atom stereocenters. The Labute approximate surface area is 104 Å². The van der Waals surface area contributed by atoms with Crippen molar-refractivity contribution < 1.29 is 9.59 Å². The number of rotatable bonds is 4. The van der Waals surface area contributed by atoms with Crippen LogP contribution in [0.5, 0.6) is 0 Å². The molecule has 0 heterocycles. The monoisotopic (exact) mass is 250 g/mol. The third-order valence-corrected chi connectivity index (χ3v) is 3.40. The number of hydrogen-bond donors (Lipinski definition) is 2. The molecule has 1 aliphatic carbocycles. The van der Waals surface area contributed by atoms with Crippen LogP contribution in [-0.2, 0) is 9.59 Å². The van der Waals surface area contributed by atoms with Crippen molar-refractivity contribution in [1.82, 2.24) is 10.9 Å². The lowest BCUT2D eigenvalue weighted by atomic mass is 10.4. The smallest absolute Gasteiger partial charge is 0.248 e. The summed E-state index contributed by atoms with van der Waals surface area (Å²) >= 11 is 1.44. The molecule has 4 nitrogen and oxygen atoms in total. The van der Waals surface area contributed by atoms with Crippen LogP contribution in [0.2, 0.25) is 0 Å². The summed E-state index contributed by atoms with van der Waals surface area (Å²) in [5.74, 6) is 0.141. The van der Waals surface area contributed by atoms with Gasteiger partial charge in [-0.15, -0.1) is 11.8 Å². The second kappa shape index (κ2) is 5.72. The number of hydrazine groups is 1. The highest BCUT2D eigenvalue weighted by Gasteiger charge is 2.29. The summed E-state index contributed by atoms with van der Waals surface area (Å²) in [5.41, 5.74) is 4.84. The van der Waals surface area contributed by atoms with E-state index in [1.54, 1.807) is 0 Å². The fourth-order valence-electron chi connectivity index (χ4n) is 1.28. The third kappa shape index (κ3) is 4.11. The SMILES string of the molecule is O=C(CSc1ccccc1)NNC(=O)C1CC1. The highest BCUT2D eigenvalue weighted by atomic mass is 32.2. The average molecular weight is 250 g/mol. The molecule has 2 rings (SSSR count). The summed E-state index contributed by atoms with van der Waals surface area (Å²) < 4.78 is 0. The van der Waals surface area contributed by atoms with E-state index >= 15 is 0 Å². The normalized spacial score (nSPS) is 14.1. The maximum absolute atomic E-state index is 11.4. The largest absolute Gasteiger partial charge is 0.273 e. The van der Waals surface area contributed by atoms with E-state index < -0.39 is 0 Å². The first-order valence-corrected chi connectivity index (χ1v) is 6.51. The van der Waals surface area contributed by atoms with Crippen LogP contribution in [-0.4, -0.2) is 17.6 Å². The lowest BCUT2D eigenvalue weighted by Crippen LogP contribution is -2.43. The van der Waals surface area contributed by atoms with Gasteiger partial charge in [0.05, 0.1) is 5.75 Å². The number of carbonyl (C=O) groups is 2. The third-order valence-electron chi connectivity index (χ3n) is 2.39. The second-order valence-electron chi connectivity index (χ2n) is 3.91. The molecule has 0 radical (unpaired) electrons. The lowest BCUT2D eigenvalue weighted by molar-refractivity contribution is -0.128. The van der Waals surface area contributed by atoms with Crippen LogP contribution in [0.4, 0.5) is 0 Å². The molecule has 0 aliphatic heterocycles. The maximum Gasteiger partial charge on any atom is 0.248 e. The summed E-state index contributed by atoms with van der Waals surface area (Å²) in [5, 5.41) is 0. The van der Waals surface area contributed by atoms with E-state index in [4.69, 9.17) is 0 Å². The molecular formula is C12H14N2O2S. The van der Waals surface area contributed by atoms with Crippen LogP contribution in [0.25, 0.3) is 0 Å². The van der Waals surface area contributed by atoms with Gasteiger partial charge in [0.25, 0.3) is 0 Å². The van der Waals surface area contributed by atoms with Crippen LogP contribution < -0.4 is 10.9 Å². The predicted octanol–water partition coefficient (Wildman–Crippen LogP) is 1.34. The molecule has 1 aliphatic rings. The topological polar surface area (TPSA) is 58.2 Å². The molecule has 1 fully saturated rings. The van der Waals surface area contributed by atoms with E-state index in [9.17, 15) is 9.59 Å². The Morgan fingerprint density at radius 2 is 1.88 bits per heavy atom. The van der Waals surface area contributed by atoms with Gasteiger partial charge in [0.2, 0.25) is 11.8 Å². The van der Waals surface area contributed by atoms with E-state index in [1.165, 1.54) is 11.8 Å². The maximum atomic E-state index is 11.4. The van der Waals surface area contributed by atoms with Crippen molar-refractivity contribution in [3.8, 4) is 0 Å². The van der Waals surface area contributed by atoms with Crippen LogP contribution >= 0.6 is 11.8 Å². The van der Waals surface area contributed by atoms with Crippen LogP contribution in [0.1, 0.15) is 12.8 Å². The molecule has 5 heteroatoms. The Hall–Kier alpha value is -1.49. The number of nitrogens with one attached hydrogen (secondary N) is 2. The fraction of sp³-hybridized carbons (Fsp3) is 0.333. The Bertz CT molecular complexity index is 404. The number of carbonyl (C=O) groups excluding carboxylic acids is 2. The quantitative estimate of drug-likeness (QED) is 0.626. The summed E-state index contributed by atoms with van der Waals surface area (Å²) in [4.78, 5) is 23.7. The van der Waals surface area contributed by atoms with Gasteiger partial charge in [0.15, 0.2) is 0 Å². The Morgan fingerprint density at radius 3 is 2.53 bits per heavy atom. The lowest BCUT2D eigenvalue weighted by Gasteiger charge is -2.06. The van der Waals surface area contributed by atoms with E-state index in [1.807, 2.05) is 30.3 Å². The van der Waals surface area contributed by atoms with E-state index in [0.717, 1.165) is 17.7 Å². The first-order valence-electron chi connectivity index (χ1n) is 5.52. The molecule has 0 bridgehead atoms. The van der Waals surface area contributed by atoms with E-state index in [2.05, 4.69) is 10.9 Å². The molecule has 2 amide bonds. The zero-order chi connectivity index (χ0) is 12.1. The summed E-state index contributed by atoms with van der Waals surface area (Å²) in [6, 6.07) is 9.67. The molecule has 1 aromatic rings. The van der Waals surface area contributed by atoms with Crippen molar-refractivity contribution in [3.05, 3.63) is 30.3 Å². The molecule has 0 saturated heterocycles. The zero-order valence-corrected chi connectivity index (χ0v) is 10.1. The van der Waals surface area contributed by atoms with Gasteiger partial charge < -0.3 is 0 Å². The van der Waals surface area contributed by atoms with Gasteiger partial charge in [0, 0.05) is 10.8 Å². The molecule has 0 aromatic heterocycles. The summed E-state index contributed by atoms with van der Waals surface area (Å²) in [6.45, 7) is 0. The minimum Gasteiger partial charge on any atom is -0.273 e. The van der Waals surface area contributed by atoms with Crippen molar-refractivity contribution in [3.63, 3.8) is 0 Å². The number of amides is 2. The van der Waals surface area contributed by atoms with Crippen molar-refractivity contribution >= 4 is 23.6 Å². The molecule has 90 valence electrons. The predicted molar refractivity (Wildman–Crippen MR) is 66.2 cm³/mol. The molecule has 0 atom stereocenters. The Balaban J connectivity index is 1.65. The summed E-state index contributed by atoms with van der Waals surface area (Å²) in [7, 11) is 0. The molecular weight excluding hydrogens is 236 g/mol. The van der Waals surface area contributed by atoms with Gasteiger partial charge in [-0.2, -0.15) is 0 Å². The molecule has 17 heavy (non-hydrogen) atoms. The molecule has 1 aromatic carbocycles. The number of benzene rings is 1. The van der Waals surface area contributed by atoms with E-state index in [-0.39, 0.29) is 17.7 Å². The van der Waals surface area contributed by atoms with Gasteiger partial charge in [0.1, 0.15) is 0 Å². The molecule has 2 N–H and O–H groups in total. The van der Waals surface area contributed by atoms with Crippen molar-refractivity contribution in [2.24, 2.45) is 5.92 Å². The van der Waals surface area contributed by atoms with Gasteiger partial charge in [-0.05, 0) is 25.0 Å². The average Bonchev–Trinajstić information content (AvgIpc) is 3.19. The standard InChI is InChI=1S/C12H14N2O2S/c15-11(13-14-12(16)9-6-7-9)8-17-10-4-2-1-3-5-10/h1-5,9H,6-8H2,(H,13,15)(H,14,16). The highest BCUT2D eigenvalue weighted by Crippen LogP contribution is 2.28. The first-order chi connectivity index (χ1) is 8.25. The second-order valence-corrected chi connectivity index (χ2v) is 4.96.